The molecule has 3 aromatic carbocycles. The van der Waals surface area contributed by atoms with E-state index in [1.54, 1.807) is 0 Å². The van der Waals surface area contributed by atoms with Gasteiger partial charge in [-0.2, -0.15) is 0 Å². The van der Waals surface area contributed by atoms with E-state index in [1.165, 1.54) is 36.0 Å². The number of pyridine rings is 1. The zero-order chi connectivity index (χ0) is 39.3. The van der Waals surface area contributed by atoms with Gasteiger partial charge in [0.2, 0.25) is 5.91 Å². The summed E-state index contributed by atoms with van der Waals surface area (Å²) in [7, 11) is 0.225. The van der Waals surface area contributed by atoms with Crippen molar-refractivity contribution in [2.75, 3.05) is 40.0 Å². The van der Waals surface area contributed by atoms with Crippen molar-refractivity contribution in [3.63, 3.8) is 0 Å². The number of amides is 3. The molecule has 0 bridgehead atoms. The Balaban J connectivity index is 0.000000694. The van der Waals surface area contributed by atoms with Crippen LogP contribution in [0.1, 0.15) is 40.0 Å². The zero-order valence-electron chi connectivity index (χ0n) is 30.2. The number of rotatable bonds is 19. The third kappa shape index (κ3) is 14.8. The van der Waals surface area contributed by atoms with E-state index >= 15 is 0 Å². The Hall–Kier alpha value is -4.79. The van der Waals surface area contributed by atoms with Crippen LogP contribution in [0.15, 0.2) is 108 Å². The molecule has 4 aromatic rings. The monoisotopic (exact) mass is 856 g/mol. The first-order valence-corrected chi connectivity index (χ1v) is 18.6. The van der Waals surface area contributed by atoms with Gasteiger partial charge in [0.15, 0.2) is 0 Å². The maximum Gasteiger partial charge on any atom is 0.317 e. The Morgan fingerprint density at radius 2 is 1.40 bits per heavy atom. The maximum absolute atomic E-state index is 13.0. The molecule has 15 nitrogen and oxygen atoms in total. The standard InChI is InChI=1S/C32H32N6O3P.C6H13NO5.Tc/c1-34-32(41)28(37-31(40)24-18-19-29(38-33)36-22-24)17-8-9-20-35-30(39)23-11-10-16-27(21-23)42(25-12-4-2-5-13-25)26-14-6-3-7-15-26;8-2-6(3-9,4-10)7-1-5(11)12;/h2-7,10-16,18-19,21-22,28H,8-9,17,20H2,1H3,(H,34,41)(H,35,39)(H,37,40);7-10H,1-4H2,(H,11,12);/q-1;;/p+1. The summed E-state index contributed by atoms with van der Waals surface area (Å²) in [6.07, 6.45) is 2.91. The molecule has 1 radical (unpaired) electrons. The minimum Gasteiger partial charge on any atom is -0.705 e. The number of aliphatic hydroxyl groups excluding tert-OH is 3. The van der Waals surface area contributed by atoms with Gasteiger partial charge in [0.1, 0.15) is 27.8 Å². The van der Waals surface area contributed by atoms with E-state index in [0.717, 1.165) is 5.30 Å². The molecule has 0 aliphatic rings. The second-order valence-electron chi connectivity index (χ2n) is 12.1. The summed E-state index contributed by atoms with van der Waals surface area (Å²) in [5.41, 5.74) is 8.30. The SMILES string of the molecule is CNC(=O)C(CCCCNC(=O)c1cccc([PH+](c2ccccc2)c2ccccc2)c1)NC(=O)c1ccc(N=[N-])nc1.O=C(O)CNC(CO)(CO)CO.[Tc]. The smallest absolute Gasteiger partial charge is 0.317 e. The number of carboxylic acids is 1. The Morgan fingerprint density at radius 3 is 1.91 bits per heavy atom. The number of unbranched alkanes of at least 4 members (excludes halogenated alkanes) is 1. The van der Waals surface area contributed by atoms with Crippen LogP contribution in [0.5, 0.6) is 0 Å². The molecule has 0 saturated heterocycles. The topological polar surface area (TPSA) is 245 Å². The second-order valence-corrected chi connectivity index (χ2v) is 14.6. The van der Waals surface area contributed by atoms with Crippen LogP contribution in [0.4, 0.5) is 5.82 Å². The van der Waals surface area contributed by atoms with Gasteiger partial charge in [-0.15, -0.1) is 0 Å². The Labute approximate surface area is 334 Å². The molecule has 1 heterocycles. The van der Waals surface area contributed by atoms with Crippen LogP contribution in [0.2, 0.25) is 0 Å². The Kier molecular flexibility index (Phi) is 20.7. The van der Waals surface area contributed by atoms with Gasteiger partial charge < -0.3 is 47.0 Å². The van der Waals surface area contributed by atoms with Crippen molar-refractivity contribution in [1.82, 2.24) is 26.3 Å². The van der Waals surface area contributed by atoms with Crippen LogP contribution in [-0.2, 0) is 29.7 Å². The van der Waals surface area contributed by atoms with E-state index in [4.69, 9.17) is 26.0 Å². The van der Waals surface area contributed by atoms with E-state index in [1.807, 2.05) is 54.6 Å². The van der Waals surface area contributed by atoms with Crippen LogP contribution >= 0.6 is 7.92 Å². The molecule has 0 fully saturated rings. The van der Waals surface area contributed by atoms with Crippen molar-refractivity contribution >= 4 is 53.3 Å². The molecular formula is C38H46N7O8PTc. The molecule has 8 N–H and O–H groups in total. The molecule has 3 amide bonds. The van der Waals surface area contributed by atoms with Crippen LogP contribution in [-0.4, -0.2) is 101 Å². The van der Waals surface area contributed by atoms with Gasteiger partial charge >= 0.3 is 5.97 Å². The first kappa shape index (κ1) is 46.4. The predicted molar refractivity (Wildman–Crippen MR) is 207 cm³/mol. The number of aliphatic hydroxyl groups is 3. The summed E-state index contributed by atoms with van der Waals surface area (Å²) < 4.78 is 0. The van der Waals surface area contributed by atoms with Crippen LogP contribution < -0.4 is 37.2 Å². The maximum atomic E-state index is 13.0. The van der Waals surface area contributed by atoms with Gasteiger partial charge in [0.05, 0.1) is 45.4 Å². The van der Waals surface area contributed by atoms with Crippen molar-refractivity contribution in [3.8, 4) is 0 Å². The average molecular weight is 858 g/mol. The Morgan fingerprint density at radius 1 is 0.800 bits per heavy atom. The number of aliphatic carboxylic acids is 1. The molecule has 0 saturated carbocycles. The van der Waals surface area contributed by atoms with Gasteiger partial charge in [0, 0.05) is 45.5 Å². The van der Waals surface area contributed by atoms with Crippen molar-refractivity contribution in [2.45, 2.75) is 30.8 Å². The number of carbonyl (C=O) groups is 4. The number of nitrogens with one attached hydrogen (secondary N) is 4. The van der Waals surface area contributed by atoms with Crippen molar-refractivity contribution in [2.24, 2.45) is 5.11 Å². The molecule has 1 aromatic heterocycles. The quantitative estimate of drug-likeness (QED) is 0.0379. The third-order valence-electron chi connectivity index (χ3n) is 8.25. The summed E-state index contributed by atoms with van der Waals surface area (Å²) >= 11 is 0. The fourth-order valence-electron chi connectivity index (χ4n) is 5.15. The number of hydrogen-bond donors (Lipinski definition) is 8. The molecular weight excluding hydrogens is 811 g/mol. The molecule has 1 atom stereocenters. The fourth-order valence-corrected chi connectivity index (χ4v) is 7.76. The molecule has 0 aliphatic carbocycles. The van der Waals surface area contributed by atoms with E-state index < -0.39 is 57.7 Å². The fraction of sp³-hybridized carbons (Fsp3) is 0.289. The van der Waals surface area contributed by atoms with Gasteiger partial charge in [0.25, 0.3) is 11.8 Å². The number of carboxylic acid groups (broad SMARTS) is 1. The normalized spacial score (nSPS) is 11.2. The van der Waals surface area contributed by atoms with E-state index in [9.17, 15) is 19.2 Å². The summed E-state index contributed by atoms with van der Waals surface area (Å²) in [6, 6.07) is 30.7. The largest absolute Gasteiger partial charge is 0.705 e. The van der Waals surface area contributed by atoms with Gasteiger partial charge in [-0.25, -0.2) is 4.98 Å². The minimum absolute atomic E-state index is 0. The first-order chi connectivity index (χ1) is 26.1. The number of benzene rings is 3. The van der Waals surface area contributed by atoms with E-state index in [-0.39, 0.29) is 43.3 Å². The second kappa shape index (κ2) is 24.6. The van der Waals surface area contributed by atoms with E-state index in [2.05, 4.69) is 61.7 Å². The summed E-state index contributed by atoms with van der Waals surface area (Å²) in [4.78, 5) is 51.9. The van der Waals surface area contributed by atoms with Crippen molar-refractivity contribution in [1.29, 1.82) is 0 Å². The molecule has 0 aliphatic heterocycles. The molecule has 17 heteroatoms. The third-order valence-corrected chi connectivity index (χ3v) is 11.0. The molecule has 55 heavy (non-hydrogen) atoms. The molecule has 0 spiro atoms. The summed E-state index contributed by atoms with van der Waals surface area (Å²) in [6.45, 7) is -1.54. The summed E-state index contributed by atoms with van der Waals surface area (Å²) in [5, 5.41) is 51.6. The first-order valence-electron chi connectivity index (χ1n) is 17.1. The van der Waals surface area contributed by atoms with Crippen LogP contribution in [0, 0.1) is 0 Å². The van der Waals surface area contributed by atoms with Gasteiger partial charge in [-0.3, -0.25) is 24.5 Å². The van der Waals surface area contributed by atoms with Crippen LogP contribution in [0.25, 0.3) is 5.53 Å². The minimum atomic E-state index is -1.31. The number of likely N-dealkylation sites (N-methyl/N-ethyl adjacent to an activating group) is 1. The average Bonchev–Trinajstić information content (AvgIpc) is 3.21. The Bertz CT molecular complexity index is 1760. The number of carbonyl (C=O) groups excluding carboxylic acids is 3. The number of hydrogen-bond acceptors (Lipinski definition) is 10. The van der Waals surface area contributed by atoms with Crippen molar-refractivity contribution < 1.29 is 59.7 Å². The van der Waals surface area contributed by atoms with Crippen molar-refractivity contribution in [3.05, 3.63) is 120 Å². The molecule has 4 rings (SSSR count). The zero-order valence-corrected chi connectivity index (χ0v) is 33.0. The number of nitrogens with zero attached hydrogens (tertiary/aromatic N) is 3. The summed E-state index contributed by atoms with van der Waals surface area (Å²) in [5.74, 6) is -1.96. The van der Waals surface area contributed by atoms with Gasteiger partial charge in [-0.1, -0.05) is 42.5 Å². The van der Waals surface area contributed by atoms with Crippen LogP contribution in [0.3, 0.4) is 0 Å². The van der Waals surface area contributed by atoms with Gasteiger partial charge in [-0.05, 0) is 73.9 Å². The predicted octanol–water partition coefficient (Wildman–Crippen LogP) is 1.04. The molecule has 1 unspecified atom stereocenters. The number of aromatic nitrogens is 1. The molecule has 293 valence electrons. The van der Waals surface area contributed by atoms with E-state index in [0.29, 0.717) is 31.4 Å².